The quantitative estimate of drug-likeness (QED) is 0.495. The molecule has 0 rings (SSSR count). The second-order valence-corrected chi connectivity index (χ2v) is 5.40. The predicted molar refractivity (Wildman–Crippen MR) is 78.5 cm³/mol. The van der Waals surface area contributed by atoms with Crippen LogP contribution in [0.1, 0.15) is 59.3 Å². The van der Waals surface area contributed by atoms with Gasteiger partial charge in [0.1, 0.15) is 6.04 Å². The molecule has 1 unspecified atom stereocenters. The summed E-state index contributed by atoms with van der Waals surface area (Å²) in [6.45, 7) is 6.56. The van der Waals surface area contributed by atoms with E-state index in [0.29, 0.717) is 13.0 Å². The Balaban J connectivity index is 4.03. The minimum atomic E-state index is -0.627. The number of hydrogen-bond donors (Lipinski definition) is 1. The third-order valence-corrected chi connectivity index (χ3v) is 2.96. The number of carbonyl (C=O) groups excluding carboxylic acids is 2. The van der Waals surface area contributed by atoms with Gasteiger partial charge in [0.05, 0.1) is 13.7 Å². The molecule has 0 saturated heterocycles. The molecule has 0 aliphatic rings. The molecular weight excluding hydrogens is 258 g/mol. The van der Waals surface area contributed by atoms with Crippen molar-refractivity contribution in [1.82, 2.24) is 5.32 Å². The van der Waals surface area contributed by atoms with E-state index in [9.17, 15) is 9.59 Å². The second-order valence-electron chi connectivity index (χ2n) is 5.40. The van der Waals surface area contributed by atoms with Gasteiger partial charge < -0.3 is 14.8 Å². The van der Waals surface area contributed by atoms with Crippen molar-refractivity contribution < 1.29 is 19.1 Å². The van der Waals surface area contributed by atoms with Crippen LogP contribution >= 0.6 is 0 Å². The van der Waals surface area contributed by atoms with Gasteiger partial charge in [0, 0.05) is 0 Å². The number of carbonyl (C=O) groups is 2. The molecule has 118 valence electrons. The van der Waals surface area contributed by atoms with Crippen molar-refractivity contribution in [2.75, 3.05) is 13.7 Å². The van der Waals surface area contributed by atoms with Gasteiger partial charge >= 0.3 is 12.1 Å². The zero-order valence-electron chi connectivity index (χ0n) is 13.2. The van der Waals surface area contributed by atoms with Crippen LogP contribution in [0.25, 0.3) is 0 Å². The van der Waals surface area contributed by atoms with Gasteiger partial charge in [0.15, 0.2) is 0 Å². The highest BCUT2D eigenvalue weighted by molar-refractivity contribution is 5.81. The molecule has 5 nitrogen and oxygen atoms in total. The molecule has 0 aliphatic carbocycles. The van der Waals surface area contributed by atoms with Crippen LogP contribution in [0.15, 0.2) is 0 Å². The molecule has 0 bridgehead atoms. The summed E-state index contributed by atoms with van der Waals surface area (Å²) in [5.74, 6) is -0.0890. The minimum absolute atomic E-state index is 0.286. The van der Waals surface area contributed by atoms with Crippen molar-refractivity contribution >= 4 is 12.1 Å². The second kappa shape index (κ2) is 11.6. The summed E-state index contributed by atoms with van der Waals surface area (Å²) in [7, 11) is 1.28. The van der Waals surface area contributed by atoms with Crippen molar-refractivity contribution in [1.29, 1.82) is 0 Å². The van der Waals surface area contributed by atoms with Crippen molar-refractivity contribution in [2.24, 2.45) is 5.92 Å². The van der Waals surface area contributed by atoms with Crippen molar-refractivity contribution in [3.05, 3.63) is 0 Å². The van der Waals surface area contributed by atoms with E-state index in [4.69, 9.17) is 4.74 Å². The molecule has 1 atom stereocenters. The molecule has 0 radical (unpaired) electrons. The Morgan fingerprint density at radius 2 is 1.75 bits per heavy atom. The summed E-state index contributed by atoms with van der Waals surface area (Å²) in [4.78, 5) is 23.1. The van der Waals surface area contributed by atoms with Crippen molar-refractivity contribution in [2.45, 2.75) is 65.3 Å². The molecule has 0 heterocycles. The van der Waals surface area contributed by atoms with Crippen LogP contribution in [0, 0.1) is 5.92 Å². The summed E-state index contributed by atoms with van der Waals surface area (Å²) in [6, 6.07) is -0.627. The Kier molecular flexibility index (Phi) is 10.8. The molecule has 1 N–H and O–H groups in total. The van der Waals surface area contributed by atoms with Gasteiger partial charge in [0.25, 0.3) is 0 Å². The number of unbranched alkanes of at least 4 members (excludes halogenated alkanes) is 4. The Morgan fingerprint density at radius 1 is 1.10 bits per heavy atom. The maximum Gasteiger partial charge on any atom is 0.407 e. The van der Waals surface area contributed by atoms with E-state index in [1.54, 1.807) is 0 Å². The first kappa shape index (κ1) is 18.7. The average Bonchev–Trinajstić information content (AvgIpc) is 2.41. The summed E-state index contributed by atoms with van der Waals surface area (Å²) in [5.41, 5.74) is 0. The van der Waals surface area contributed by atoms with E-state index in [2.05, 4.69) is 17.0 Å². The van der Waals surface area contributed by atoms with Crippen LogP contribution in [0.4, 0.5) is 4.79 Å². The Hall–Kier alpha value is -1.26. The van der Waals surface area contributed by atoms with E-state index >= 15 is 0 Å². The van der Waals surface area contributed by atoms with Gasteiger partial charge in [-0.05, 0) is 18.8 Å². The molecule has 0 aliphatic heterocycles. The predicted octanol–water partition coefficient (Wildman–Crippen LogP) is 3.27. The van der Waals surface area contributed by atoms with Crippen LogP contribution < -0.4 is 5.32 Å². The normalized spacial score (nSPS) is 12.1. The first-order valence-corrected chi connectivity index (χ1v) is 7.52. The lowest BCUT2D eigenvalue weighted by Gasteiger charge is -2.18. The van der Waals surface area contributed by atoms with Gasteiger partial charge in [-0.3, -0.25) is 0 Å². The smallest absolute Gasteiger partial charge is 0.407 e. The lowest BCUT2D eigenvalue weighted by Crippen LogP contribution is -2.42. The minimum Gasteiger partial charge on any atom is -0.464 e. The Morgan fingerprint density at radius 3 is 2.30 bits per heavy atom. The maximum atomic E-state index is 11.9. The summed E-state index contributed by atoms with van der Waals surface area (Å²) in [6.07, 6.45) is 5.47. The van der Waals surface area contributed by atoms with Crippen LogP contribution in [-0.2, 0) is 14.3 Å². The third kappa shape index (κ3) is 9.64. The van der Waals surface area contributed by atoms with Gasteiger partial charge in [-0.2, -0.15) is 0 Å². The summed E-state index contributed by atoms with van der Waals surface area (Å²) < 4.78 is 9.75. The number of esters is 1. The lowest BCUT2D eigenvalue weighted by molar-refractivity contribution is -0.146. The fourth-order valence-electron chi connectivity index (χ4n) is 1.87. The fraction of sp³-hybridized carbons (Fsp3) is 0.867. The molecule has 20 heavy (non-hydrogen) atoms. The molecule has 0 saturated carbocycles. The first-order valence-electron chi connectivity index (χ1n) is 7.52. The molecule has 0 spiro atoms. The van der Waals surface area contributed by atoms with Crippen molar-refractivity contribution in [3.8, 4) is 0 Å². The monoisotopic (exact) mass is 287 g/mol. The highest BCUT2D eigenvalue weighted by Crippen LogP contribution is 2.08. The van der Waals surface area contributed by atoms with E-state index < -0.39 is 12.1 Å². The third-order valence-electron chi connectivity index (χ3n) is 2.96. The van der Waals surface area contributed by atoms with Crippen LogP contribution in [-0.4, -0.2) is 31.8 Å². The lowest BCUT2D eigenvalue weighted by atomic mass is 10.0. The SMILES string of the molecule is CCCCCCCOC(=O)C(CC(C)C)NC(=O)OC. The van der Waals surface area contributed by atoms with Crippen LogP contribution in [0.3, 0.4) is 0 Å². The van der Waals surface area contributed by atoms with E-state index in [0.717, 1.165) is 12.8 Å². The summed E-state index contributed by atoms with van der Waals surface area (Å²) >= 11 is 0. The van der Waals surface area contributed by atoms with Gasteiger partial charge in [-0.15, -0.1) is 0 Å². The zero-order valence-corrected chi connectivity index (χ0v) is 13.2. The molecule has 0 aromatic rings. The Bertz CT molecular complexity index is 279. The number of ether oxygens (including phenoxy) is 2. The standard InChI is InChI=1S/C15H29NO4/c1-5-6-7-8-9-10-20-14(17)13(11-12(2)3)16-15(18)19-4/h12-13H,5-11H2,1-4H3,(H,16,18). The van der Waals surface area contributed by atoms with Gasteiger partial charge in [-0.1, -0.05) is 46.5 Å². The highest BCUT2D eigenvalue weighted by atomic mass is 16.5. The number of amides is 1. The van der Waals surface area contributed by atoms with Gasteiger partial charge in [-0.25, -0.2) is 9.59 Å². The first-order chi connectivity index (χ1) is 9.51. The maximum absolute atomic E-state index is 11.9. The molecule has 0 fully saturated rings. The number of hydrogen-bond acceptors (Lipinski definition) is 4. The molecule has 0 aromatic carbocycles. The number of nitrogens with one attached hydrogen (secondary N) is 1. The number of rotatable bonds is 10. The topological polar surface area (TPSA) is 64.6 Å². The highest BCUT2D eigenvalue weighted by Gasteiger charge is 2.23. The number of methoxy groups -OCH3 is 1. The molecular formula is C15H29NO4. The zero-order chi connectivity index (χ0) is 15.4. The van der Waals surface area contributed by atoms with Gasteiger partial charge in [0.2, 0.25) is 0 Å². The summed E-state index contributed by atoms with van der Waals surface area (Å²) in [5, 5.41) is 2.52. The molecule has 5 heteroatoms. The van der Waals surface area contributed by atoms with Crippen LogP contribution in [0.2, 0.25) is 0 Å². The van der Waals surface area contributed by atoms with E-state index in [1.807, 2.05) is 13.8 Å². The van der Waals surface area contributed by atoms with E-state index in [-0.39, 0.29) is 11.9 Å². The molecule has 0 aromatic heterocycles. The Labute approximate surface area is 122 Å². The average molecular weight is 287 g/mol. The van der Waals surface area contributed by atoms with Crippen molar-refractivity contribution in [3.63, 3.8) is 0 Å². The largest absolute Gasteiger partial charge is 0.464 e. The molecule has 1 amide bonds. The van der Waals surface area contributed by atoms with Crippen LogP contribution in [0.5, 0.6) is 0 Å². The van der Waals surface area contributed by atoms with E-state index in [1.165, 1.54) is 26.4 Å². The number of alkyl carbamates (subject to hydrolysis) is 1. The fourth-order valence-corrected chi connectivity index (χ4v) is 1.87.